The molecule has 7 heteroatoms. The lowest BCUT2D eigenvalue weighted by Gasteiger charge is -2.16. The number of alkyl halides is 1. The van der Waals surface area contributed by atoms with Gasteiger partial charge in [-0.15, -0.1) is 0 Å². The van der Waals surface area contributed by atoms with Crippen LogP contribution < -0.4 is 10.6 Å². The first kappa shape index (κ1) is 17.3. The van der Waals surface area contributed by atoms with Crippen molar-refractivity contribution >= 4 is 17.4 Å². The molecule has 2 aliphatic heterocycles. The van der Waals surface area contributed by atoms with Crippen LogP contribution in [0.4, 0.5) is 14.8 Å². The molecule has 25 heavy (non-hydrogen) atoms. The lowest BCUT2D eigenvalue weighted by Crippen LogP contribution is -2.38. The Labute approximate surface area is 147 Å². The molecule has 128 valence electrons. The Bertz CT molecular complexity index is 872. The van der Waals surface area contributed by atoms with E-state index in [0.717, 1.165) is 21.7 Å². The SMILES string of the molecule is F.N#CC1(F)C=C2C=CC(/C=C/C3Nc4ccc(O)cc4S3)=CC2N1. The molecule has 2 heterocycles. The average molecular weight is 359 g/mol. The molecule has 0 saturated carbocycles. The van der Waals surface area contributed by atoms with Crippen LogP contribution in [0, 0.1) is 11.3 Å². The highest BCUT2D eigenvalue weighted by Crippen LogP contribution is 2.40. The summed E-state index contributed by atoms with van der Waals surface area (Å²) in [5.74, 6) is -1.84. The summed E-state index contributed by atoms with van der Waals surface area (Å²) in [5.41, 5.74) is 2.72. The van der Waals surface area contributed by atoms with Gasteiger partial charge >= 0.3 is 0 Å². The van der Waals surface area contributed by atoms with Crippen LogP contribution in [0.3, 0.4) is 0 Å². The van der Waals surface area contributed by atoms with Crippen LogP contribution in [-0.4, -0.2) is 22.3 Å². The number of nitrogens with one attached hydrogen (secondary N) is 2. The summed E-state index contributed by atoms with van der Waals surface area (Å²) in [7, 11) is 0. The highest BCUT2D eigenvalue weighted by molar-refractivity contribution is 8.00. The molecule has 3 unspecified atom stereocenters. The standard InChI is InChI=1S/C18H14FN3OS.FH/c19-18(10-20)9-12-3-1-11(7-15(12)22-18)2-6-17-21-14-5-4-13(23)8-16(14)24-17;/h1-9,15,17,21-23H;1H/b6-2+;. The predicted molar refractivity (Wildman–Crippen MR) is 94.7 cm³/mol. The van der Waals surface area contributed by atoms with Crippen molar-refractivity contribution in [3.63, 3.8) is 0 Å². The van der Waals surface area contributed by atoms with Crippen LogP contribution in [0.15, 0.2) is 70.7 Å². The van der Waals surface area contributed by atoms with Crippen LogP contribution in [0.25, 0.3) is 0 Å². The van der Waals surface area contributed by atoms with Crippen molar-refractivity contribution in [3.05, 3.63) is 65.8 Å². The molecule has 1 aromatic rings. The zero-order valence-corrected chi connectivity index (χ0v) is 13.8. The first-order chi connectivity index (χ1) is 11.5. The molecule has 0 bridgehead atoms. The Balaban J connectivity index is 0.00000182. The molecule has 0 amide bonds. The molecule has 1 aromatic carbocycles. The van der Waals surface area contributed by atoms with E-state index in [2.05, 4.69) is 10.6 Å². The molecule has 3 N–H and O–H groups in total. The third-order valence-corrected chi connectivity index (χ3v) is 5.18. The van der Waals surface area contributed by atoms with E-state index in [1.807, 2.05) is 36.4 Å². The molecule has 1 aliphatic carbocycles. The number of allylic oxidation sites excluding steroid dienone is 3. The molecule has 0 aromatic heterocycles. The van der Waals surface area contributed by atoms with Crippen molar-refractivity contribution in [1.29, 1.82) is 5.26 Å². The van der Waals surface area contributed by atoms with Gasteiger partial charge in [0, 0.05) is 10.6 Å². The number of fused-ring (bicyclic) bond motifs is 2. The first-order valence-corrected chi connectivity index (χ1v) is 8.38. The largest absolute Gasteiger partial charge is 0.508 e. The number of benzene rings is 1. The van der Waals surface area contributed by atoms with Crippen LogP contribution in [-0.2, 0) is 0 Å². The fraction of sp³-hybridized carbons (Fsp3) is 0.167. The van der Waals surface area contributed by atoms with E-state index >= 15 is 0 Å². The Morgan fingerprint density at radius 3 is 3.00 bits per heavy atom. The topological polar surface area (TPSA) is 68.1 Å². The molecule has 0 radical (unpaired) electrons. The molecule has 0 spiro atoms. The van der Waals surface area contributed by atoms with Crippen LogP contribution in [0.5, 0.6) is 5.75 Å². The summed E-state index contributed by atoms with van der Waals surface area (Å²) >= 11 is 1.62. The van der Waals surface area contributed by atoms with Gasteiger partial charge in [-0.3, -0.25) is 10.0 Å². The third-order valence-electron chi connectivity index (χ3n) is 4.06. The van der Waals surface area contributed by atoms with E-state index in [1.165, 1.54) is 6.08 Å². The minimum Gasteiger partial charge on any atom is -0.508 e. The number of phenolic OH excluding ortho intramolecular Hbond substituents is 1. The van der Waals surface area contributed by atoms with E-state index < -0.39 is 5.79 Å². The second-order valence-corrected chi connectivity index (χ2v) is 7.00. The molecule has 3 atom stereocenters. The van der Waals surface area contributed by atoms with Crippen molar-refractivity contribution in [2.75, 3.05) is 5.32 Å². The smallest absolute Gasteiger partial charge is 0.268 e. The van der Waals surface area contributed by atoms with Crippen molar-refractivity contribution in [2.45, 2.75) is 22.1 Å². The molecule has 0 saturated heterocycles. The number of aromatic hydroxyl groups is 1. The van der Waals surface area contributed by atoms with Gasteiger partial charge in [0.1, 0.15) is 11.8 Å². The maximum atomic E-state index is 14.0. The fourth-order valence-corrected chi connectivity index (χ4v) is 3.97. The summed E-state index contributed by atoms with van der Waals surface area (Å²) in [6, 6.07) is 6.60. The van der Waals surface area contributed by atoms with Crippen LogP contribution >= 0.6 is 11.8 Å². The molecule has 4 rings (SSSR count). The summed E-state index contributed by atoms with van der Waals surface area (Å²) in [5, 5.41) is 24.5. The van der Waals surface area contributed by atoms with E-state index in [9.17, 15) is 9.50 Å². The number of hydrogen-bond acceptors (Lipinski definition) is 5. The van der Waals surface area contributed by atoms with E-state index in [4.69, 9.17) is 5.26 Å². The fourth-order valence-electron chi connectivity index (χ4n) is 2.91. The number of hydrogen-bond donors (Lipinski definition) is 3. The number of halogens is 2. The van der Waals surface area contributed by atoms with E-state index in [-0.39, 0.29) is 21.9 Å². The quantitative estimate of drug-likeness (QED) is 0.557. The summed E-state index contributed by atoms with van der Waals surface area (Å²) in [4.78, 5) is 1.01. The zero-order chi connectivity index (χ0) is 16.7. The summed E-state index contributed by atoms with van der Waals surface area (Å²) in [6.07, 6.45) is 11.0. The molecule has 0 fully saturated rings. The van der Waals surface area contributed by atoms with E-state index in [1.54, 1.807) is 30.0 Å². The molecule has 3 aliphatic rings. The number of thioether (sulfide) groups is 1. The summed E-state index contributed by atoms with van der Waals surface area (Å²) in [6.45, 7) is 0. The molecular formula is C18H15F2N3OS. The van der Waals surface area contributed by atoms with Crippen LogP contribution in [0.2, 0.25) is 0 Å². The highest BCUT2D eigenvalue weighted by atomic mass is 32.2. The lowest BCUT2D eigenvalue weighted by molar-refractivity contribution is 0.259. The van der Waals surface area contributed by atoms with Gasteiger partial charge in [-0.1, -0.05) is 42.1 Å². The van der Waals surface area contributed by atoms with Gasteiger partial charge in [0.2, 0.25) is 0 Å². The Hall–Kier alpha value is -2.56. The number of nitriles is 1. The maximum absolute atomic E-state index is 14.0. The number of rotatable bonds is 2. The third kappa shape index (κ3) is 3.31. The Morgan fingerprint density at radius 1 is 1.36 bits per heavy atom. The van der Waals surface area contributed by atoms with E-state index in [0.29, 0.717) is 0 Å². The van der Waals surface area contributed by atoms with Gasteiger partial charge in [-0.2, -0.15) is 5.26 Å². The highest BCUT2D eigenvalue weighted by Gasteiger charge is 2.37. The summed E-state index contributed by atoms with van der Waals surface area (Å²) < 4.78 is 14.0. The molecular weight excluding hydrogens is 344 g/mol. The Morgan fingerprint density at radius 2 is 2.20 bits per heavy atom. The minimum absolute atomic E-state index is 0. The van der Waals surface area contributed by atoms with Crippen molar-refractivity contribution in [3.8, 4) is 11.8 Å². The average Bonchev–Trinajstić information content (AvgIpc) is 3.12. The zero-order valence-electron chi connectivity index (χ0n) is 12.9. The normalized spacial score (nSPS) is 29.1. The van der Waals surface area contributed by atoms with Gasteiger partial charge in [-0.05, 0) is 35.4 Å². The second kappa shape index (κ2) is 6.39. The van der Waals surface area contributed by atoms with Gasteiger partial charge in [0.25, 0.3) is 5.79 Å². The van der Waals surface area contributed by atoms with Gasteiger partial charge in [0.15, 0.2) is 0 Å². The van der Waals surface area contributed by atoms with Gasteiger partial charge < -0.3 is 10.4 Å². The monoisotopic (exact) mass is 359 g/mol. The number of anilines is 1. The Kier molecular flexibility index (Phi) is 4.41. The second-order valence-electron chi connectivity index (χ2n) is 5.81. The number of phenols is 1. The van der Waals surface area contributed by atoms with Gasteiger partial charge in [0.05, 0.1) is 11.4 Å². The lowest BCUT2D eigenvalue weighted by atomic mass is 9.99. The van der Waals surface area contributed by atoms with Crippen molar-refractivity contribution in [2.24, 2.45) is 0 Å². The minimum atomic E-state index is -2.09. The van der Waals surface area contributed by atoms with Crippen LogP contribution in [0.1, 0.15) is 0 Å². The van der Waals surface area contributed by atoms with Gasteiger partial charge in [-0.25, -0.2) is 4.39 Å². The van der Waals surface area contributed by atoms with Crippen molar-refractivity contribution in [1.82, 2.24) is 5.32 Å². The predicted octanol–water partition coefficient (Wildman–Crippen LogP) is 3.53. The number of nitrogens with zero attached hydrogens (tertiary/aromatic N) is 1. The van der Waals surface area contributed by atoms with Crippen molar-refractivity contribution < 1.29 is 14.2 Å². The first-order valence-electron chi connectivity index (χ1n) is 7.50. The maximum Gasteiger partial charge on any atom is 0.268 e. The molecule has 4 nitrogen and oxygen atoms in total.